The van der Waals surface area contributed by atoms with E-state index in [9.17, 15) is 4.79 Å². The van der Waals surface area contributed by atoms with E-state index in [2.05, 4.69) is 19.1 Å². The summed E-state index contributed by atoms with van der Waals surface area (Å²) in [6, 6.07) is 18.6. The molecule has 0 fully saturated rings. The molecule has 0 aromatic heterocycles. The van der Waals surface area contributed by atoms with E-state index in [0.717, 1.165) is 23.3 Å². The van der Waals surface area contributed by atoms with E-state index in [-0.39, 0.29) is 18.6 Å². The first kappa shape index (κ1) is 24.7. The zero-order chi connectivity index (χ0) is 24.8. The number of fused-ring (bicyclic) bond motifs is 1. The normalized spacial score (nSPS) is 14.7. The standard InChI is InChI=1S/C28H30ClNO5/c1-4-19-5-9-22(10-6-19)34-17-25-24-16-27(33-3)26(32-2)15-20(24)13-14-30(25)28(31)18-35-23-11-7-21(29)8-12-23/h5-12,15-16,25H,4,13-14,17-18H2,1-3H3/t25-/m0/s1. The molecule has 0 saturated heterocycles. The molecule has 1 amide bonds. The van der Waals surface area contributed by atoms with E-state index in [4.69, 9.17) is 30.5 Å². The molecule has 1 aliphatic heterocycles. The maximum Gasteiger partial charge on any atom is 0.261 e. The highest BCUT2D eigenvalue weighted by molar-refractivity contribution is 6.30. The van der Waals surface area contributed by atoms with Gasteiger partial charge in [0.05, 0.1) is 20.3 Å². The molecule has 35 heavy (non-hydrogen) atoms. The quantitative estimate of drug-likeness (QED) is 0.392. The van der Waals surface area contributed by atoms with Gasteiger partial charge in [0.15, 0.2) is 18.1 Å². The van der Waals surface area contributed by atoms with Gasteiger partial charge in [-0.05, 0) is 78.1 Å². The summed E-state index contributed by atoms with van der Waals surface area (Å²) in [6.45, 7) is 2.90. The molecule has 184 valence electrons. The monoisotopic (exact) mass is 495 g/mol. The number of nitrogens with zero attached hydrogens (tertiary/aromatic N) is 1. The van der Waals surface area contributed by atoms with Crippen LogP contribution < -0.4 is 18.9 Å². The molecule has 0 bridgehead atoms. The minimum absolute atomic E-state index is 0.0774. The number of methoxy groups -OCH3 is 2. The molecule has 1 atom stereocenters. The van der Waals surface area contributed by atoms with Crippen molar-refractivity contribution in [2.24, 2.45) is 0 Å². The lowest BCUT2D eigenvalue weighted by Gasteiger charge is -2.37. The summed E-state index contributed by atoms with van der Waals surface area (Å²) < 4.78 is 23.0. The Morgan fingerprint density at radius 2 is 1.57 bits per heavy atom. The van der Waals surface area contributed by atoms with Crippen LogP contribution in [0.5, 0.6) is 23.0 Å². The van der Waals surface area contributed by atoms with Crippen LogP contribution >= 0.6 is 11.6 Å². The zero-order valence-corrected chi connectivity index (χ0v) is 21.0. The van der Waals surface area contributed by atoms with Gasteiger partial charge in [-0.15, -0.1) is 0 Å². The Hall–Kier alpha value is -3.38. The maximum absolute atomic E-state index is 13.3. The average Bonchev–Trinajstić information content (AvgIpc) is 2.90. The lowest BCUT2D eigenvalue weighted by atomic mass is 9.92. The third kappa shape index (κ3) is 5.82. The number of ether oxygens (including phenoxy) is 4. The van der Waals surface area contributed by atoms with Crippen molar-refractivity contribution in [3.8, 4) is 23.0 Å². The summed E-state index contributed by atoms with van der Waals surface area (Å²) in [5.41, 5.74) is 3.34. The van der Waals surface area contributed by atoms with E-state index < -0.39 is 0 Å². The number of aryl methyl sites for hydroxylation is 1. The van der Waals surface area contributed by atoms with Crippen LogP contribution in [-0.2, 0) is 17.6 Å². The molecular formula is C28H30ClNO5. The predicted octanol–water partition coefficient (Wildman–Crippen LogP) is 5.50. The summed E-state index contributed by atoms with van der Waals surface area (Å²) >= 11 is 5.95. The van der Waals surface area contributed by atoms with Crippen LogP contribution in [0.3, 0.4) is 0 Å². The number of hydrogen-bond donors (Lipinski definition) is 0. The highest BCUT2D eigenvalue weighted by atomic mass is 35.5. The van der Waals surface area contributed by atoms with Gasteiger partial charge in [-0.2, -0.15) is 0 Å². The van der Waals surface area contributed by atoms with E-state index >= 15 is 0 Å². The summed E-state index contributed by atoms with van der Waals surface area (Å²) in [7, 11) is 3.23. The van der Waals surface area contributed by atoms with Crippen molar-refractivity contribution in [1.29, 1.82) is 0 Å². The largest absolute Gasteiger partial charge is 0.493 e. The second-order valence-electron chi connectivity index (χ2n) is 8.31. The fraction of sp³-hybridized carbons (Fsp3) is 0.321. The van der Waals surface area contributed by atoms with Gasteiger partial charge in [0.25, 0.3) is 5.91 Å². The molecule has 0 unspecified atom stereocenters. The fourth-order valence-electron chi connectivity index (χ4n) is 4.26. The van der Waals surface area contributed by atoms with Crippen LogP contribution in [0.1, 0.15) is 29.7 Å². The summed E-state index contributed by atoms with van der Waals surface area (Å²) in [5.74, 6) is 2.53. The lowest BCUT2D eigenvalue weighted by molar-refractivity contribution is -0.137. The highest BCUT2D eigenvalue weighted by Crippen LogP contribution is 2.38. The van der Waals surface area contributed by atoms with Gasteiger partial charge in [0, 0.05) is 11.6 Å². The molecule has 7 heteroatoms. The van der Waals surface area contributed by atoms with Gasteiger partial charge >= 0.3 is 0 Å². The van der Waals surface area contributed by atoms with Crippen molar-refractivity contribution < 1.29 is 23.7 Å². The van der Waals surface area contributed by atoms with Crippen molar-refractivity contribution in [2.75, 3.05) is 34.0 Å². The molecule has 6 nitrogen and oxygen atoms in total. The summed E-state index contributed by atoms with van der Waals surface area (Å²) in [6.07, 6.45) is 1.66. The topological polar surface area (TPSA) is 57.2 Å². The van der Waals surface area contributed by atoms with Crippen LogP contribution in [0.4, 0.5) is 0 Å². The van der Waals surface area contributed by atoms with Crippen LogP contribution in [0.15, 0.2) is 60.7 Å². The fourth-order valence-corrected chi connectivity index (χ4v) is 4.39. The Kier molecular flexibility index (Phi) is 8.03. The van der Waals surface area contributed by atoms with Crippen LogP contribution in [0, 0.1) is 0 Å². The number of amides is 1. The Morgan fingerprint density at radius 3 is 2.23 bits per heavy atom. The Bertz CT molecular complexity index is 1150. The molecule has 0 N–H and O–H groups in total. The van der Waals surface area contributed by atoms with E-state index in [1.807, 2.05) is 29.2 Å². The molecular weight excluding hydrogens is 466 g/mol. The van der Waals surface area contributed by atoms with Gasteiger partial charge in [-0.25, -0.2) is 0 Å². The number of carbonyl (C=O) groups is 1. The number of hydrogen-bond acceptors (Lipinski definition) is 5. The summed E-state index contributed by atoms with van der Waals surface area (Å²) in [4.78, 5) is 15.1. The molecule has 0 aliphatic carbocycles. The second kappa shape index (κ2) is 11.4. The molecule has 0 radical (unpaired) electrons. The molecule has 0 spiro atoms. The third-order valence-electron chi connectivity index (χ3n) is 6.24. The van der Waals surface area contributed by atoms with Gasteiger partial charge in [-0.1, -0.05) is 30.7 Å². The highest BCUT2D eigenvalue weighted by Gasteiger charge is 2.33. The molecule has 1 heterocycles. The Morgan fingerprint density at radius 1 is 0.943 bits per heavy atom. The number of rotatable bonds is 9. The van der Waals surface area contributed by atoms with Crippen molar-refractivity contribution in [2.45, 2.75) is 25.8 Å². The maximum atomic E-state index is 13.3. The molecule has 3 aromatic rings. The number of halogens is 1. The van der Waals surface area contributed by atoms with Crippen LogP contribution in [0.25, 0.3) is 0 Å². The predicted molar refractivity (Wildman–Crippen MR) is 136 cm³/mol. The lowest BCUT2D eigenvalue weighted by Crippen LogP contribution is -2.44. The molecule has 1 aliphatic rings. The third-order valence-corrected chi connectivity index (χ3v) is 6.49. The number of benzene rings is 3. The van der Waals surface area contributed by atoms with Crippen molar-refractivity contribution in [3.63, 3.8) is 0 Å². The first-order chi connectivity index (χ1) is 17.0. The van der Waals surface area contributed by atoms with Gasteiger partial charge < -0.3 is 23.8 Å². The minimum Gasteiger partial charge on any atom is -0.493 e. The van der Waals surface area contributed by atoms with Gasteiger partial charge in [-0.3, -0.25) is 4.79 Å². The van der Waals surface area contributed by atoms with Crippen LogP contribution in [-0.4, -0.2) is 44.8 Å². The van der Waals surface area contributed by atoms with E-state index in [1.165, 1.54) is 5.56 Å². The number of carbonyl (C=O) groups excluding carboxylic acids is 1. The Balaban J connectivity index is 1.57. The second-order valence-corrected chi connectivity index (χ2v) is 8.75. The molecule has 3 aromatic carbocycles. The summed E-state index contributed by atoms with van der Waals surface area (Å²) in [5, 5.41) is 0.616. The van der Waals surface area contributed by atoms with Crippen LogP contribution in [0.2, 0.25) is 5.02 Å². The van der Waals surface area contributed by atoms with Crippen molar-refractivity contribution in [3.05, 3.63) is 82.4 Å². The van der Waals surface area contributed by atoms with Gasteiger partial charge in [0.2, 0.25) is 0 Å². The zero-order valence-electron chi connectivity index (χ0n) is 20.3. The molecule has 0 saturated carbocycles. The van der Waals surface area contributed by atoms with E-state index in [1.54, 1.807) is 38.5 Å². The first-order valence-corrected chi connectivity index (χ1v) is 12.0. The van der Waals surface area contributed by atoms with Gasteiger partial charge in [0.1, 0.15) is 18.1 Å². The molecule has 4 rings (SSSR count). The minimum atomic E-state index is -0.300. The smallest absolute Gasteiger partial charge is 0.261 e. The van der Waals surface area contributed by atoms with Crippen molar-refractivity contribution >= 4 is 17.5 Å². The SMILES string of the molecule is CCc1ccc(OC[C@H]2c3cc(OC)c(OC)cc3CCN2C(=O)COc2ccc(Cl)cc2)cc1. The van der Waals surface area contributed by atoms with E-state index in [0.29, 0.717) is 41.8 Å². The Labute approximate surface area is 211 Å². The average molecular weight is 496 g/mol. The van der Waals surface area contributed by atoms with Crippen molar-refractivity contribution in [1.82, 2.24) is 4.90 Å². The first-order valence-electron chi connectivity index (χ1n) is 11.7.